The van der Waals surface area contributed by atoms with E-state index in [1.54, 1.807) is 30.3 Å². The summed E-state index contributed by atoms with van der Waals surface area (Å²) in [5.41, 5.74) is -0.188. The average Bonchev–Trinajstić information content (AvgIpc) is 2.26. The minimum absolute atomic E-state index is 0.0139. The second-order valence-electron chi connectivity index (χ2n) is 2.59. The average molecular weight is 325 g/mol. The van der Waals surface area contributed by atoms with Crippen molar-refractivity contribution in [3.63, 3.8) is 0 Å². The molecule has 1 rings (SSSR count). The van der Waals surface area contributed by atoms with E-state index in [1.165, 1.54) is 0 Å². The molecule has 1 atom stereocenters. The highest BCUT2D eigenvalue weighted by atomic mass is 79.9. The topological polar surface area (TPSA) is 20.2 Å². The summed E-state index contributed by atoms with van der Waals surface area (Å²) >= 11 is 5.88. The van der Waals surface area contributed by atoms with Gasteiger partial charge in [-0.05, 0) is 49.8 Å². The Labute approximate surface area is 108 Å². The Hall–Kier alpha value is -0.120. The molecule has 0 amide bonds. The first-order valence-corrected chi connectivity index (χ1v) is 5.46. The largest absolute Gasteiger partial charge is 0.388 e. The first-order chi connectivity index (χ1) is 8.58. The van der Waals surface area contributed by atoms with Gasteiger partial charge < -0.3 is 5.11 Å². The van der Waals surface area contributed by atoms with Crippen LogP contribution in [0.4, 0.5) is 0 Å². The maximum absolute atomic E-state index is 10.1. The van der Waals surface area contributed by atoms with Crippen LogP contribution < -0.4 is 0 Å². The summed E-state index contributed by atoms with van der Waals surface area (Å²) in [6, 6.07) is 8.11. The van der Waals surface area contributed by atoms with Gasteiger partial charge in [0, 0.05) is 13.2 Å². The highest BCUT2D eigenvalue weighted by molar-refractivity contribution is 9.28. The predicted octanol–water partition coefficient (Wildman–Crippen LogP) is 4.13. The predicted molar refractivity (Wildman–Crippen MR) is 66.6 cm³/mol. The number of aliphatic hydroxyl groups is 1. The first kappa shape index (κ1) is 6.46. The molecule has 76 valence electrons. The zero-order valence-corrected chi connectivity index (χ0v) is 10.3. The summed E-state index contributed by atoms with van der Waals surface area (Å²) in [4.78, 5) is 0. The van der Waals surface area contributed by atoms with E-state index in [0.717, 1.165) is 0 Å². The quantitative estimate of drug-likeness (QED) is 0.886. The van der Waals surface area contributed by atoms with Gasteiger partial charge in [-0.15, -0.1) is 0 Å². The second-order valence-corrected chi connectivity index (χ2v) is 5.24. The normalized spacial score (nSPS) is 19.5. The van der Waals surface area contributed by atoms with Crippen LogP contribution in [0.1, 0.15) is 31.7 Å². The molecule has 0 saturated heterocycles. The van der Waals surface area contributed by atoms with Crippen molar-refractivity contribution in [2.45, 2.75) is 19.3 Å². The molecular weight excluding hydrogens is 308 g/mol. The third-order valence-corrected chi connectivity index (χ3v) is 2.38. The van der Waals surface area contributed by atoms with Gasteiger partial charge in [0.25, 0.3) is 0 Å². The van der Waals surface area contributed by atoms with Crippen LogP contribution in [0.25, 0.3) is 0 Å². The zero-order chi connectivity index (χ0) is 14.8. The maximum atomic E-state index is 10.1. The van der Waals surface area contributed by atoms with Gasteiger partial charge in [0.05, 0.1) is 9.50 Å². The maximum Gasteiger partial charge on any atom is 0.0827 e. The second kappa shape index (κ2) is 5.69. The standard InChI is InChI=1S/C11H12Br2O/c1-8(11(12)13)7-10(14)9-5-3-2-4-6-9/h2-6,10,14H,7H2,1H3/i1D3,7D2. The molecule has 0 aliphatic heterocycles. The lowest BCUT2D eigenvalue weighted by Crippen LogP contribution is -1.97. The van der Waals surface area contributed by atoms with E-state index in [-0.39, 0.29) is 3.39 Å². The molecule has 3 heteroatoms. The number of halogens is 2. The lowest BCUT2D eigenvalue weighted by Gasteiger charge is -2.11. The van der Waals surface area contributed by atoms with Crippen LogP contribution in [-0.4, -0.2) is 5.11 Å². The van der Waals surface area contributed by atoms with E-state index in [2.05, 4.69) is 31.9 Å². The zero-order valence-electron chi connectivity index (χ0n) is 12.2. The van der Waals surface area contributed by atoms with Crippen molar-refractivity contribution in [2.75, 3.05) is 0 Å². The van der Waals surface area contributed by atoms with Crippen LogP contribution in [0.5, 0.6) is 0 Å². The van der Waals surface area contributed by atoms with E-state index in [9.17, 15) is 5.11 Å². The van der Waals surface area contributed by atoms with Crippen LogP contribution in [-0.2, 0) is 0 Å². The third-order valence-electron chi connectivity index (χ3n) is 1.59. The van der Waals surface area contributed by atoms with Gasteiger partial charge in [-0.2, -0.15) is 0 Å². The SMILES string of the molecule is [2H]C([2H])([2H])C(=C(Br)Br)C([2H])([2H])C(O)c1ccccc1. The molecule has 0 radical (unpaired) electrons. The smallest absolute Gasteiger partial charge is 0.0827 e. The van der Waals surface area contributed by atoms with Crippen molar-refractivity contribution in [3.8, 4) is 0 Å². The fourth-order valence-electron chi connectivity index (χ4n) is 0.910. The molecule has 0 fully saturated rings. The molecule has 0 bridgehead atoms. The van der Waals surface area contributed by atoms with E-state index >= 15 is 0 Å². The van der Waals surface area contributed by atoms with E-state index < -0.39 is 24.9 Å². The summed E-state index contributed by atoms with van der Waals surface area (Å²) in [6.45, 7) is -2.67. The summed E-state index contributed by atoms with van der Waals surface area (Å²) < 4.78 is 38.1. The highest BCUT2D eigenvalue weighted by Crippen LogP contribution is 2.27. The van der Waals surface area contributed by atoms with Gasteiger partial charge >= 0.3 is 0 Å². The molecule has 0 aliphatic carbocycles. The van der Waals surface area contributed by atoms with Crippen molar-refractivity contribution in [1.82, 2.24) is 0 Å². The van der Waals surface area contributed by atoms with Gasteiger partial charge in [0.2, 0.25) is 0 Å². The number of hydrogen-bond acceptors (Lipinski definition) is 1. The van der Waals surface area contributed by atoms with Crippen molar-refractivity contribution >= 4 is 31.9 Å². The van der Waals surface area contributed by atoms with E-state index in [0.29, 0.717) is 5.56 Å². The molecule has 14 heavy (non-hydrogen) atoms. The molecule has 0 spiro atoms. The molecule has 0 heterocycles. The van der Waals surface area contributed by atoms with Crippen LogP contribution >= 0.6 is 31.9 Å². The summed E-state index contributed by atoms with van der Waals surface area (Å²) in [7, 11) is 0. The van der Waals surface area contributed by atoms with Gasteiger partial charge in [0.1, 0.15) is 0 Å². The van der Waals surface area contributed by atoms with Crippen LogP contribution in [0.3, 0.4) is 0 Å². The van der Waals surface area contributed by atoms with Gasteiger partial charge in [-0.3, -0.25) is 0 Å². The minimum atomic E-state index is -2.67. The van der Waals surface area contributed by atoms with Crippen molar-refractivity contribution in [3.05, 3.63) is 44.9 Å². The Morgan fingerprint density at radius 2 is 2.14 bits per heavy atom. The Kier molecular flexibility index (Phi) is 2.62. The Balaban J connectivity index is 3.27. The van der Waals surface area contributed by atoms with Gasteiger partial charge in [-0.1, -0.05) is 30.3 Å². The minimum Gasteiger partial charge on any atom is -0.388 e. The van der Waals surface area contributed by atoms with Gasteiger partial charge in [-0.25, -0.2) is 0 Å². The molecule has 0 saturated carbocycles. The Morgan fingerprint density at radius 1 is 1.50 bits per heavy atom. The van der Waals surface area contributed by atoms with Crippen molar-refractivity contribution < 1.29 is 12.0 Å². The molecule has 1 N–H and O–H groups in total. The molecule has 1 aromatic rings. The Morgan fingerprint density at radius 3 is 2.64 bits per heavy atom. The lowest BCUT2D eigenvalue weighted by atomic mass is 10.0. The molecule has 0 aromatic heterocycles. The monoisotopic (exact) mass is 323 g/mol. The number of hydrogen-bond donors (Lipinski definition) is 1. The highest BCUT2D eigenvalue weighted by Gasteiger charge is 2.08. The van der Waals surface area contributed by atoms with Gasteiger partial charge in [0.15, 0.2) is 0 Å². The summed E-state index contributed by atoms with van der Waals surface area (Å²) in [6.07, 6.45) is -4.01. The van der Waals surface area contributed by atoms with E-state index in [1.807, 2.05) is 0 Å². The number of rotatable bonds is 3. The van der Waals surface area contributed by atoms with Crippen molar-refractivity contribution in [1.29, 1.82) is 0 Å². The molecular formula is C11H12Br2O. The van der Waals surface area contributed by atoms with Crippen LogP contribution in [0, 0.1) is 0 Å². The molecule has 1 aromatic carbocycles. The fraction of sp³-hybridized carbons (Fsp3) is 0.273. The molecule has 1 nitrogen and oxygen atoms in total. The van der Waals surface area contributed by atoms with Crippen LogP contribution in [0.15, 0.2) is 39.3 Å². The summed E-state index contributed by atoms with van der Waals surface area (Å²) in [5, 5.41) is 10.1. The fourth-order valence-corrected chi connectivity index (χ4v) is 1.14. The van der Waals surface area contributed by atoms with E-state index in [4.69, 9.17) is 6.85 Å². The van der Waals surface area contributed by atoms with Crippen LogP contribution in [0.2, 0.25) is 0 Å². The summed E-state index contributed by atoms with van der Waals surface area (Å²) in [5.74, 6) is 0. The number of benzene rings is 1. The number of aliphatic hydroxyl groups excluding tert-OH is 1. The third kappa shape index (κ3) is 3.56. The Bertz CT molecular complexity index is 466. The van der Waals surface area contributed by atoms with Crippen molar-refractivity contribution in [2.24, 2.45) is 0 Å². The molecule has 0 aliphatic rings. The lowest BCUT2D eigenvalue weighted by molar-refractivity contribution is 0.178. The first-order valence-electron chi connectivity index (χ1n) is 6.37. The molecule has 1 unspecified atom stereocenters.